The second-order valence-corrected chi connectivity index (χ2v) is 10.1. The molecule has 3 aromatic carbocycles. The van der Waals surface area contributed by atoms with Gasteiger partial charge in [-0.05, 0) is 56.5 Å². The van der Waals surface area contributed by atoms with Crippen molar-refractivity contribution in [2.24, 2.45) is 0 Å². The minimum atomic E-state index is -0.748. The van der Waals surface area contributed by atoms with Gasteiger partial charge in [0.2, 0.25) is 11.8 Å². The first-order valence-electron chi connectivity index (χ1n) is 12.4. The molecule has 0 saturated carbocycles. The molecule has 2 aliphatic heterocycles. The van der Waals surface area contributed by atoms with Crippen molar-refractivity contribution >= 4 is 27.9 Å². The standard InChI is InChI=1S/C30H24N4O3/c1-29-15-16-30(37-29,14-6-11-24-32-21-9-4-5-10-22(21)33-24)26-25(29)27(35)34(28(26)36)23-13-12-18(17-31)19-7-2-3-8-20(19)23/h2-13,35-36H,14-16H2,1H3,(H,32,33)/t29-,30+/m1/s1. The van der Waals surface area contributed by atoms with E-state index < -0.39 is 11.2 Å². The van der Waals surface area contributed by atoms with E-state index in [4.69, 9.17) is 4.74 Å². The average Bonchev–Trinajstić information content (AvgIpc) is 3.61. The molecule has 2 aliphatic rings. The van der Waals surface area contributed by atoms with E-state index >= 15 is 0 Å². The summed E-state index contributed by atoms with van der Waals surface area (Å²) in [7, 11) is 0. The Morgan fingerprint density at radius 2 is 1.78 bits per heavy atom. The van der Waals surface area contributed by atoms with Gasteiger partial charge in [-0.15, -0.1) is 0 Å². The van der Waals surface area contributed by atoms with E-state index in [9.17, 15) is 15.5 Å². The highest BCUT2D eigenvalue weighted by atomic mass is 16.5. The zero-order valence-electron chi connectivity index (χ0n) is 20.2. The van der Waals surface area contributed by atoms with Crippen molar-refractivity contribution < 1.29 is 14.9 Å². The summed E-state index contributed by atoms with van der Waals surface area (Å²) in [6, 6.07) is 21.1. The smallest absolute Gasteiger partial charge is 0.205 e. The van der Waals surface area contributed by atoms with Crippen LogP contribution in [0.25, 0.3) is 33.6 Å². The normalized spacial score (nSPS) is 22.3. The molecule has 2 atom stereocenters. The summed E-state index contributed by atoms with van der Waals surface area (Å²) in [6.07, 6.45) is 5.95. The number of nitriles is 1. The lowest BCUT2D eigenvalue weighted by atomic mass is 9.78. The number of aromatic nitrogens is 3. The number of hydrogen-bond acceptors (Lipinski definition) is 5. The molecule has 37 heavy (non-hydrogen) atoms. The minimum absolute atomic E-state index is 0.0206. The minimum Gasteiger partial charge on any atom is -0.494 e. The van der Waals surface area contributed by atoms with Crippen LogP contribution in [-0.4, -0.2) is 24.7 Å². The molecule has 3 N–H and O–H groups in total. The number of benzene rings is 3. The van der Waals surface area contributed by atoms with Crippen LogP contribution in [0, 0.1) is 11.3 Å². The van der Waals surface area contributed by atoms with E-state index in [1.54, 1.807) is 12.1 Å². The molecular weight excluding hydrogens is 464 g/mol. The fourth-order valence-corrected chi connectivity index (χ4v) is 6.27. The number of fused-ring (bicyclic) bond motifs is 7. The van der Waals surface area contributed by atoms with Gasteiger partial charge >= 0.3 is 0 Å². The van der Waals surface area contributed by atoms with Gasteiger partial charge in [0.25, 0.3) is 0 Å². The molecule has 1 saturated heterocycles. The molecule has 0 radical (unpaired) electrons. The fourth-order valence-electron chi connectivity index (χ4n) is 6.27. The molecule has 0 unspecified atom stereocenters. The third-order valence-electron chi connectivity index (χ3n) is 7.93. The van der Waals surface area contributed by atoms with E-state index in [0.29, 0.717) is 28.8 Å². The number of aromatic amines is 1. The van der Waals surface area contributed by atoms with Crippen molar-refractivity contribution in [1.29, 1.82) is 5.26 Å². The Balaban J connectivity index is 1.33. The van der Waals surface area contributed by atoms with Crippen molar-refractivity contribution in [3.63, 3.8) is 0 Å². The summed E-state index contributed by atoms with van der Waals surface area (Å²) in [4.78, 5) is 7.92. The lowest BCUT2D eigenvalue weighted by Gasteiger charge is -2.25. The Morgan fingerprint density at radius 1 is 1.03 bits per heavy atom. The maximum Gasteiger partial charge on any atom is 0.205 e. The highest BCUT2D eigenvalue weighted by Gasteiger charge is 2.61. The highest BCUT2D eigenvalue weighted by Crippen LogP contribution is 2.65. The van der Waals surface area contributed by atoms with Crippen LogP contribution in [0.2, 0.25) is 0 Å². The molecule has 1 fully saturated rings. The van der Waals surface area contributed by atoms with Gasteiger partial charge < -0.3 is 19.9 Å². The zero-order chi connectivity index (χ0) is 25.4. The third-order valence-corrected chi connectivity index (χ3v) is 7.93. The third kappa shape index (κ3) is 2.93. The Labute approximate surface area is 212 Å². The molecule has 4 heterocycles. The van der Waals surface area contributed by atoms with Gasteiger partial charge in [-0.25, -0.2) is 4.98 Å². The number of imidazole rings is 1. The van der Waals surface area contributed by atoms with Crippen LogP contribution in [-0.2, 0) is 15.9 Å². The topological polar surface area (TPSA) is 107 Å². The lowest BCUT2D eigenvalue weighted by molar-refractivity contribution is -0.0772. The van der Waals surface area contributed by atoms with Crippen molar-refractivity contribution in [3.05, 3.63) is 89.3 Å². The molecule has 7 rings (SSSR count). The predicted octanol–water partition coefficient (Wildman–Crippen LogP) is 6.13. The summed E-state index contributed by atoms with van der Waals surface area (Å²) in [5.74, 6) is 0.709. The van der Waals surface area contributed by atoms with Crippen LogP contribution in [0.15, 0.2) is 66.7 Å². The first-order chi connectivity index (χ1) is 17.9. The fraction of sp³-hybridized carbons (Fsp3) is 0.200. The van der Waals surface area contributed by atoms with Gasteiger partial charge in [0.1, 0.15) is 11.4 Å². The number of nitrogens with zero attached hydrogens (tertiary/aromatic N) is 3. The monoisotopic (exact) mass is 488 g/mol. The second-order valence-electron chi connectivity index (χ2n) is 10.1. The zero-order valence-corrected chi connectivity index (χ0v) is 20.2. The molecule has 2 bridgehead atoms. The van der Waals surface area contributed by atoms with Crippen LogP contribution in [0.4, 0.5) is 0 Å². The first-order valence-corrected chi connectivity index (χ1v) is 12.4. The largest absolute Gasteiger partial charge is 0.494 e. The Hall–Kier alpha value is -4.54. The Morgan fingerprint density at radius 3 is 2.59 bits per heavy atom. The molecule has 7 heteroatoms. The maximum atomic E-state index is 11.6. The van der Waals surface area contributed by atoms with Crippen LogP contribution in [0.5, 0.6) is 11.8 Å². The second kappa shape index (κ2) is 7.48. The quantitative estimate of drug-likeness (QED) is 0.282. The van der Waals surface area contributed by atoms with Gasteiger partial charge in [0, 0.05) is 10.8 Å². The van der Waals surface area contributed by atoms with Crippen molar-refractivity contribution in [2.45, 2.75) is 37.4 Å². The number of para-hydroxylation sites is 2. The van der Waals surface area contributed by atoms with Crippen LogP contribution in [0.1, 0.15) is 48.7 Å². The van der Waals surface area contributed by atoms with E-state index in [2.05, 4.69) is 16.0 Å². The molecule has 182 valence electrons. The van der Waals surface area contributed by atoms with Gasteiger partial charge in [0.15, 0.2) is 0 Å². The molecule has 5 aromatic rings. The number of hydrogen-bond donors (Lipinski definition) is 3. The predicted molar refractivity (Wildman–Crippen MR) is 140 cm³/mol. The SMILES string of the molecule is C[C@]12CC[C@](CC=Cc3nc4ccccc4[nH]3)(O1)c1c2c(O)n(-c2ccc(C#N)c3ccccc23)c1O. The summed E-state index contributed by atoms with van der Waals surface area (Å²) >= 11 is 0. The van der Waals surface area contributed by atoms with Gasteiger partial charge in [-0.2, -0.15) is 5.26 Å². The van der Waals surface area contributed by atoms with E-state index in [-0.39, 0.29) is 11.8 Å². The first kappa shape index (κ1) is 21.7. The van der Waals surface area contributed by atoms with Crippen molar-refractivity contribution in [2.75, 3.05) is 0 Å². The van der Waals surface area contributed by atoms with Crippen LogP contribution in [0.3, 0.4) is 0 Å². The van der Waals surface area contributed by atoms with Gasteiger partial charge in [0.05, 0.1) is 45.1 Å². The summed E-state index contributed by atoms with van der Waals surface area (Å²) in [5.41, 5.74) is 2.88. The van der Waals surface area contributed by atoms with Crippen molar-refractivity contribution in [1.82, 2.24) is 14.5 Å². The van der Waals surface area contributed by atoms with Crippen molar-refractivity contribution in [3.8, 4) is 23.5 Å². The van der Waals surface area contributed by atoms with Gasteiger partial charge in [-0.1, -0.05) is 42.5 Å². The van der Waals surface area contributed by atoms with E-state index in [0.717, 1.165) is 40.5 Å². The molecule has 2 aromatic heterocycles. The summed E-state index contributed by atoms with van der Waals surface area (Å²) < 4.78 is 8.07. The number of aromatic hydroxyl groups is 2. The molecule has 0 aliphatic carbocycles. The van der Waals surface area contributed by atoms with E-state index in [1.807, 2.05) is 67.6 Å². The molecule has 7 nitrogen and oxygen atoms in total. The van der Waals surface area contributed by atoms with Crippen LogP contribution < -0.4 is 0 Å². The molecule has 0 amide bonds. The molecular formula is C30H24N4O3. The average molecular weight is 489 g/mol. The summed E-state index contributed by atoms with van der Waals surface area (Å²) in [5, 5.41) is 34.2. The van der Waals surface area contributed by atoms with Crippen LogP contribution >= 0.6 is 0 Å². The lowest BCUT2D eigenvalue weighted by Crippen LogP contribution is -2.21. The van der Waals surface area contributed by atoms with Gasteiger partial charge in [-0.3, -0.25) is 4.57 Å². The highest BCUT2D eigenvalue weighted by molar-refractivity contribution is 5.95. The van der Waals surface area contributed by atoms with E-state index in [1.165, 1.54) is 4.57 Å². The number of nitrogens with one attached hydrogen (secondary N) is 1. The maximum absolute atomic E-state index is 11.6. The molecule has 0 spiro atoms. The number of H-pyrrole nitrogens is 1. The number of ether oxygens (including phenoxy) is 1. The Bertz CT molecular complexity index is 1770. The summed E-state index contributed by atoms with van der Waals surface area (Å²) in [6.45, 7) is 1.98. The number of rotatable bonds is 4. The Kier molecular flexibility index (Phi) is 4.39.